The van der Waals surface area contributed by atoms with Crippen molar-refractivity contribution < 1.29 is 13.2 Å². The van der Waals surface area contributed by atoms with Crippen LogP contribution in [0.5, 0.6) is 0 Å². The Kier molecular flexibility index (Phi) is 13.8. The first-order valence-corrected chi connectivity index (χ1v) is 12.1. The molecule has 8 heteroatoms. The van der Waals surface area contributed by atoms with Gasteiger partial charge in [0, 0.05) is 32.5 Å². The minimum absolute atomic E-state index is 0. The summed E-state index contributed by atoms with van der Waals surface area (Å²) >= 11 is 0. The Balaban J connectivity index is 0.00000784. The van der Waals surface area contributed by atoms with Crippen LogP contribution in [0.15, 0.2) is 35.3 Å². The number of nitrogens with zero attached hydrogens (tertiary/aromatic N) is 1. The summed E-state index contributed by atoms with van der Waals surface area (Å²) in [4.78, 5) is 4.62. The number of halogens is 1. The van der Waals surface area contributed by atoms with Gasteiger partial charge in [-0.2, -0.15) is 0 Å². The van der Waals surface area contributed by atoms with Crippen molar-refractivity contribution in [2.45, 2.75) is 46.6 Å². The minimum atomic E-state index is -2.95. The second-order valence-corrected chi connectivity index (χ2v) is 10.2. The van der Waals surface area contributed by atoms with Crippen LogP contribution in [-0.2, 0) is 14.6 Å². The lowest BCUT2D eigenvalue weighted by Gasteiger charge is -2.22. The first-order chi connectivity index (χ1) is 13.1. The lowest BCUT2D eigenvalue weighted by atomic mass is 9.90. The molecule has 0 saturated carbocycles. The van der Waals surface area contributed by atoms with Gasteiger partial charge >= 0.3 is 0 Å². The SMILES string of the molecule is CCNC(=NCC(C)(C)CCS(C)(=O)=O)NCCCOC(C)c1ccccc1.I. The second kappa shape index (κ2) is 14.2. The average molecular weight is 540 g/mol. The van der Waals surface area contributed by atoms with Crippen LogP contribution in [-0.4, -0.2) is 52.6 Å². The lowest BCUT2D eigenvalue weighted by Crippen LogP contribution is -2.39. The maximum Gasteiger partial charge on any atom is 0.191 e. The van der Waals surface area contributed by atoms with E-state index in [-0.39, 0.29) is 41.2 Å². The molecule has 0 saturated heterocycles. The van der Waals surface area contributed by atoms with E-state index in [1.165, 1.54) is 11.8 Å². The van der Waals surface area contributed by atoms with Crippen LogP contribution in [0.3, 0.4) is 0 Å². The largest absolute Gasteiger partial charge is 0.374 e. The number of rotatable bonds is 12. The summed E-state index contributed by atoms with van der Waals surface area (Å²) in [6.07, 6.45) is 2.83. The Bertz CT molecular complexity index is 694. The molecule has 1 aromatic rings. The van der Waals surface area contributed by atoms with Crippen molar-refractivity contribution in [1.29, 1.82) is 0 Å². The zero-order valence-corrected chi connectivity index (χ0v) is 21.5. The van der Waals surface area contributed by atoms with Gasteiger partial charge in [-0.1, -0.05) is 44.2 Å². The zero-order valence-electron chi connectivity index (χ0n) is 18.4. The summed E-state index contributed by atoms with van der Waals surface area (Å²) in [6, 6.07) is 10.2. The van der Waals surface area contributed by atoms with Crippen molar-refractivity contribution in [1.82, 2.24) is 10.6 Å². The standard InChI is InChI=1S/C21H37N3O3S.HI/c1-6-22-20(24-17-21(3,4)13-16-28(5,25)26)23-14-10-15-27-18(2)19-11-8-7-9-12-19;/h7-9,11-12,18H,6,10,13-17H2,1-5H3,(H2,22,23,24);1H. The average Bonchev–Trinajstić information content (AvgIpc) is 2.64. The van der Waals surface area contributed by atoms with E-state index in [0.29, 0.717) is 19.6 Å². The number of hydrogen-bond acceptors (Lipinski definition) is 4. The van der Waals surface area contributed by atoms with Crippen molar-refractivity contribution in [2.75, 3.05) is 38.2 Å². The van der Waals surface area contributed by atoms with Crippen LogP contribution in [0.4, 0.5) is 0 Å². The molecule has 168 valence electrons. The molecule has 0 aliphatic carbocycles. The summed E-state index contributed by atoms with van der Waals surface area (Å²) in [5.74, 6) is 0.946. The van der Waals surface area contributed by atoms with E-state index in [2.05, 4.69) is 34.7 Å². The van der Waals surface area contributed by atoms with Crippen LogP contribution >= 0.6 is 24.0 Å². The predicted octanol–water partition coefficient (Wildman–Crippen LogP) is 3.79. The highest BCUT2D eigenvalue weighted by Gasteiger charge is 2.20. The number of nitrogens with one attached hydrogen (secondary N) is 2. The summed E-state index contributed by atoms with van der Waals surface area (Å²) < 4.78 is 28.7. The van der Waals surface area contributed by atoms with Crippen LogP contribution in [0.1, 0.15) is 52.2 Å². The smallest absolute Gasteiger partial charge is 0.191 e. The Hall–Kier alpha value is -0.870. The van der Waals surface area contributed by atoms with E-state index in [1.54, 1.807) is 0 Å². The topological polar surface area (TPSA) is 79.8 Å². The Morgan fingerprint density at radius 2 is 1.86 bits per heavy atom. The molecule has 1 rings (SSSR count). The molecule has 0 spiro atoms. The predicted molar refractivity (Wildman–Crippen MR) is 133 cm³/mol. The van der Waals surface area contributed by atoms with Crippen molar-refractivity contribution in [3.8, 4) is 0 Å². The van der Waals surface area contributed by atoms with Gasteiger partial charge in [-0.15, -0.1) is 24.0 Å². The molecule has 0 amide bonds. The van der Waals surface area contributed by atoms with E-state index in [4.69, 9.17) is 4.74 Å². The zero-order chi connectivity index (χ0) is 21.0. The molecular formula is C21H38IN3O3S. The fraction of sp³-hybridized carbons (Fsp3) is 0.667. The third kappa shape index (κ3) is 13.9. The van der Waals surface area contributed by atoms with Crippen molar-refractivity contribution in [2.24, 2.45) is 10.4 Å². The van der Waals surface area contributed by atoms with Gasteiger partial charge in [0.15, 0.2) is 5.96 Å². The third-order valence-electron chi connectivity index (χ3n) is 4.41. The van der Waals surface area contributed by atoms with Crippen molar-refractivity contribution >= 4 is 39.8 Å². The maximum absolute atomic E-state index is 11.4. The van der Waals surface area contributed by atoms with E-state index in [9.17, 15) is 8.42 Å². The number of aliphatic imine (C=N–C) groups is 1. The van der Waals surface area contributed by atoms with E-state index in [0.717, 1.165) is 25.5 Å². The Morgan fingerprint density at radius 1 is 1.21 bits per heavy atom. The van der Waals surface area contributed by atoms with E-state index in [1.807, 2.05) is 39.0 Å². The van der Waals surface area contributed by atoms with Crippen LogP contribution in [0.2, 0.25) is 0 Å². The Labute approximate surface area is 194 Å². The summed E-state index contributed by atoms with van der Waals surface area (Å²) in [5, 5.41) is 6.55. The summed E-state index contributed by atoms with van der Waals surface area (Å²) in [6.45, 7) is 11.0. The number of guanidine groups is 1. The molecule has 1 unspecified atom stereocenters. The number of ether oxygens (including phenoxy) is 1. The molecular weight excluding hydrogens is 501 g/mol. The molecule has 0 aliphatic rings. The Morgan fingerprint density at radius 3 is 2.45 bits per heavy atom. The van der Waals surface area contributed by atoms with Crippen LogP contribution in [0, 0.1) is 5.41 Å². The fourth-order valence-corrected chi connectivity index (χ4v) is 3.46. The van der Waals surface area contributed by atoms with Gasteiger partial charge in [0.05, 0.1) is 11.9 Å². The molecule has 0 fully saturated rings. The number of hydrogen-bond donors (Lipinski definition) is 2. The first-order valence-electron chi connectivity index (χ1n) is 9.99. The van der Waals surface area contributed by atoms with Gasteiger partial charge in [-0.3, -0.25) is 4.99 Å². The quantitative estimate of drug-likeness (QED) is 0.183. The lowest BCUT2D eigenvalue weighted by molar-refractivity contribution is 0.0646. The normalized spacial score (nSPS) is 13.5. The third-order valence-corrected chi connectivity index (χ3v) is 5.36. The van der Waals surface area contributed by atoms with Gasteiger partial charge in [-0.25, -0.2) is 8.42 Å². The highest BCUT2D eigenvalue weighted by atomic mass is 127. The van der Waals surface area contributed by atoms with Crippen LogP contribution < -0.4 is 10.6 Å². The molecule has 0 bridgehead atoms. The van der Waals surface area contributed by atoms with Crippen molar-refractivity contribution in [3.63, 3.8) is 0 Å². The first kappa shape index (κ1) is 28.1. The molecule has 0 aliphatic heterocycles. The highest BCUT2D eigenvalue weighted by molar-refractivity contribution is 14.0. The van der Waals surface area contributed by atoms with Crippen LogP contribution in [0.25, 0.3) is 0 Å². The van der Waals surface area contributed by atoms with Gasteiger partial charge in [0.25, 0.3) is 0 Å². The monoisotopic (exact) mass is 539 g/mol. The molecule has 1 aromatic carbocycles. The van der Waals surface area contributed by atoms with Gasteiger partial charge in [0.1, 0.15) is 9.84 Å². The van der Waals surface area contributed by atoms with Gasteiger partial charge in [-0.05, 0) is 37.7 Å². The number of sulfone groups is 1. The number of benzene rings is 1. The minimum Gasteiger partial charge on any atom is -0.374 e. The fourth-order valence-electron chi connectivity index (χ4n) is 2.53. The summed E-state index contributed by atoms with van der Waals surface area (Å²) in [5.41, 5.74) is 1.02. The van der Waals surface area contributed by atoms with E-state index >= 15 is 0 Å². The molecule has 0 aromatic heterocycles. The second-order valence-electron chi connectivity index (χ2n) is 7.94. The molecule has 1 atom stereocenters. The van der Waals surface area contributed by atoms with Crippen molar-refractivity contribution in [3.05, 3.63) is 35.9 Å². The van der Waals surface area contributed by atoms with E-state index < -0.39 is 9.84 Å². The molecule has 0 radical (unpaired) electrons. The highest BCUT2D eigenvalue weighted by Crippen LogP contribution is 2.21. The molecule has 29 heavy (non-hydrogen) atoms. The van der Waals surface area contributed by atoms with Gasteiger partial charge in [0.2, 0.25) is 0 Å². The molecule has 6 nitrogen and oxygen atoms in total. The maximum atomic E-state index is 11.4. The molecule has 2 N–H and O–H groups in total. The molecule has 0 heterocycles. The summed E-state index contributed by atoms with van der Waals surface area (Å²) in [7, 11) is -2.95. The van der Waals surface area contributed by atoms with Gasteiger partial charge < -0.3 is 15.4 Å².